The van der Waals surface area contributed by atoms with Gasteiger partial charge in [0.2, 0.25) is 10.0 Å². The SMILES string of the molecule is CNS(=O)(=O)c1cc(C(=O)O[C@H]2CCCCC2=O)ccc1Cl. The molecular weight excluding hydrogens is 330 g/mol. The summed E-state index contributed by atoms with van der Waals surface area (Å²) < 4.78 is 31.0. The number of ether oxygens (including phenoxy) is 1. The highest BCUT2D eigenvalue weighted by Crippen LogP contribution is 2.24. The van der Waals surface area contributed by atoms with Crippen molar-refractivity contribution in [3.05, 3.63) is 28.8 Å². The number of hydrogen-bond acceptors (Lipinski definition) is 5. The van der Waals surface area contributed by atoms with E-state index in [9.17, 15) is 18.0 Å². The molecule has 0 heterocycles. The zero-order chi connectivity index (χ0) is 16.3. The molecule has 120 valence electrons. The number of ketones is 1. The van der Waals surface area contributed by atoms with Crippen LogP contribution in [0.1, 0.15) is 36.0 Å². The van der Waals surface area contributed by atoms with Crippen molar-refractivity contribution in [2.45, 2.75) is 36.7 Å². The van der Waals surface area contributed by atoms with Crippen LogP contribution in [-0.2, 0) is 19.6 Å². The lowest BCUT2D eigenvalue weighted by molar-refractivity contribution is -0.129. The number of carbonyl (C=O) groups is 2. The normalized spacial score (nSPS) is 19.0. The van der Waals surface area contributed by atoms with Crippen molar-refractivity contribution < 1.29 is 22.7 Å². The predicted molar refractivity (Wildman–Crippen MR) is 80.4 cm³/mol. The fraction of sp³-hybridized carbons (Fsp3) is 0.429. The van der Waals surface area contributed by atoms with Crippen LogP contribution >= 0.6 is 11.6 Å². The van der Waals surface area contributed by atoms with Gasteiger partial charge in [0.25, 0.3) is 0 Å². The Hall–Kier alpha value is -1.44. The Bertz CT molecular complexity index is 701. The van der Waals surface area contributed by atoms with Crippen molar-refractivity contribution in [1.29, 1.82) is 0 Å². The van der Waals surface area contributed by atoms with Crippen LogP contribution in [0.4, 0.5) is 0 Å². The number of halogens is 1. The zero-order valence-electron chi connectivity index (χ0n) is 12.0. The smallest absolute Gasteiger partial charge is 0.338 e. The second-order valence-electron chi connectivity index (χ2n) is 4.96. The Labute approximate surface area is 133 Å². The highest BCUT2D eigenvalue weighted by Gasteiger charge is 2.27. The standard InChI is InChI=1S/C14H16ClNO5S/c1-16-22(19,20)13-8-9(6-7-10(13)15)14(18)21-12-5-3-2-4-11(12)17/h6-8,12,16H,2-5H2,1H3/t12-/m0/s1. The zero-order valence-corrected chi connectivity index (χ0v) is 13.5. The van der Waals surface area contributed by atoms with Crippen molar-refractivity contribution in [1.82, 2.24) is 4.72 Å². The first-order valence-corrected chi connectivity index (χ1v) is 8.68. The number of nitrogens with one attached hydrogen (secondary N) is 1. The van der Waals surface area contributed by atoms with Gasteiger partial charge in [-0.2, -0.15) is 0 Å². The molecule has 8 heteroatoms. The highest BCUT2D eigenvalue weighted by atomic mass is 35.5. The summed E-state index contributed by atoms with van der Waals surface area (Å²) in [6.45, 7) is 0. The number of rotatable bonds is 4. The van der Waals surface area contributed by atoms with E-state index in [4.69, 9.17) is 16.3 Å². The van der Waals surface area contributed by atoms with Crippen LogP contribution in [0.15, 0.2) is 23.1 Å². The molecule has 6 nitrogen and oxygen atoms in total. The van der Waals surface area contributed by atoms with Crippen LogP contribution in [0.25, 0.3) is 0 Å². The van der Waals surface area contributed by atoms with Gasteiger partial charge in [0.1, 0.15) is 4.90 Å². The van der Waals surface area contributed by atoms with Gasteiger partial charge in [0.15, 0.2) is 11.9 Å². The number of carbonyl (C=O) groups excluding carboxylic acids is 2. The van der Waals surface area contributed by atoms with E-state index >= 15 is 0 Å². The summed E-state index contributed by atoms with van der Waals surface area (Å²) in [5.74, 6) is -0.832. The van der Waals surface area contributed by atoms with Crippen molar-refractivity contribution in [3.63, 3.8) is 0 Å². The maximum Gasteiger partial charge on any atom is 0.338 e. The van der Waals surface area contributed by atoms with E-state index in [1.54, 1.807) is 0 Å². The van der Waals surface area contributed by atoms with E-state index in [1.807, 2.05) is 0 Å². The molecule has 1 N–H and O–H groups in total. The molecule has 1 atom stereocenters. The summed E-state index contributed by atoms with van der Waals surface area (Å²) in [4.78, 5) is 23.6. The third-order valence-corrected chi connectivity index (χ3v) is 5.37. The lowest BCUT2D eigenvalue weighted by Gasteiger charge is -2.20. The number of Topliss-reactive ketones (excluding diaryl/α,β-unsaturated/α-hetero) is 1. The minimum Gasteiger partial charge on any atom is -0.451 e. The highest BCUT2D eigenvalue weighted by molar-refractivity contribution is 7.89. The van der Waals surface area contributed by atoms with Crippen molar-refractivity contribution >= 4 is 33.4 Å². The summed E-state index contributed by atoms with van der Waals surface area (Å²) in [7, 11) is -2.54. The van der Waals surface area contributed by atoms with Crippen LogP contribution < -0.4 is 4.72 Å². The van der Waals surface area contributed by atoms with Gasteiger partial charge in [0, 0.05) is 6.42 Å². The number of benzene rings is 1. The number of hydrogen-bond donors (Lipinski definition) is 1. The molecule has 1 aromatic carbocycles. The summed E-state index contributed by atoms with van der Waals surface area (Å²) in [5.41, 5.74) is 0.0385. The monoisotopic (exact) mass is 345 g/mol. The average Bonchev–Trinajstić information content (AvgIpc) is 2.49. The van der Waals surface area contributed by atoms with Crippen LogP contribution in [0.5, 0.6) is 0 Å². The molecule has 1 aromatic rings. The number of sulfonamides is 1. The molecule has 0 bridgehead atoms. The molecule has 1 aliphatic rings. The third kappa shape index (κ3) is 3.66. The molecule has 0 radical (unpaired) electrons. The van der Waals surface area contributed by atoms with Crippen LogP contribution in [-0.4, -0.2) is 33.3 Å². The molecule has 0 amide bonds. The summed E-state index contributed by atoms with van der Waals surface area (Å²) in [6, 6.07) is 3.82. The molecule has 0 unspecified atom stereocenters. The summed E-state index contributed by atoms with van der Waals surface area (Å²) >= 11 is 5.85. The van der Waals surface area contributed by atoms with E-state index in [-0.39, 0.29) is 21.3 Å². The quantitative estimate of drug-likeness (QED) is 0.842. The molecule has 2 rings (SSSR count). The molecule has 1 fully saturated rings. The summed E-state index contributed by atoms with van der Waals surface area (Å²) in [6.07, 6.45) is 1.78. The maximum absolute atomic E-state index is 12.1. The lowest BCUT2D eigenvalue weighted by atomic mass is 9.96. The largest absolute Gasteiger partial charge is 0.451 e. The third-order valence-electron chi connectivity index (χ3n) is 3.47. The predicted octanol–water partition coefficient (Wildman–Crippen LogP) is 1.92. The average molecular weight is 346 g/mol. The van der Waals surface area contributed by atoms with Crippen molar-refractivity contribution in [3.8, 4) is 0 Å². The van der Waals surface area contributed by atoms with Gasteiger partial charge in [-0.05, 0) is 44.5 Å². The Kier molecular flexibility index (Phi) is 5.20. The van der Waals surface area contributed by atoms with Gasteiger partial charge in [-0.1, -0.05) is 11.6 Å². The Morgan fingerprint density at radius 1 is 1.36 bits per heavy atom. The molecule has 1 aliphatic carbocycles. The van der Waals surface area contributed by atoms with Crippen LogP contribution in [0, 0.1) is 0 Å². The first-order chi connectivity index (χ1) is 10.3. The lowest BCUT2D eigenvalue weighted by Crippen LogP contribution is -2.30. The van der Waals surface area contributed by atoms with Gasteiger partial charge in [-0.25, -0.2) is 17.9 Å². The number of esters is 1. The van der Waals surface area contributed by atoms with Gasteiger partial charge in [-0.3, -0.25) is 4.79 Å². The van der Waals surface area contributed by atoms with E-state index in [0.717, 1.165) is 18.9 Å². The van der Waals surface area contributed by atoms with Crippen molar-refractivity contribution in [2.24, 2.45) is 0 Å². The van der Waals surface area contributed by atoms with E-state index in [1.165, 1.54) is 19.2 Å². The van der Waals surface area contributed by atoms with Crippen LogP contribution in [0.2, 0.25) is 5.02 Å². The fourth-order valence-corrected chi connectivity index (χ4v) is 3.47. The molecular formula is C14H16ClNO5S. The molecule has 22 heavy (non-hydrogen) atoms. The summed E-state index contributed by atoms with van der Waals surface area (Å²) in [5, 5.41) is -0.000331. The van der Waals surface area contributed by atoms with E-state index in [2.05, 4.69) is 4.72 Å². The minimum absolute atomic E-state index is 0.000331. The molecule has 0 aliphatic heterocycles. The van der Waals surface area contributed by atoms with Crippen molar-refractivity contribution in [2.75, 3.05) is 7.05 Å². The molecule has 0 saturated heterocycles. The molecule has 0 aromatic heterocycles. The topological polar surface area (TPSA) is 89.5 Å². The minimum atomic E-state index is -3.79. The van der Waals surface area contributed by atoms with Gasteiger partial charge in [0.05, 0.1) is 10.6 Å². The second-order valence-corrected chi connectivity index (χ2v) is 7.22. The first-order valence-electron chi connectivity index (χ1n) is 6.82. The second kappa shape index (κ2) is 6.76. The van der Waals surface area contributed by atoms with E-state index < -0.39 is 22.1 Å². The van der Waals surface area contributed by atoms with E-state index in [0.29, 0.717) is 12.8 Å². The fourth-order valence-electron chi connectivity index (χ4n) is 2.22. The van der Waals surface area contributed by atoms with Crippen LogP contribution in [0.3, 0.4) is 0 Å². The maximum atomic E-state index is 12.1. The molecule has 0 spiro atoms. The van der Waals surface area contributed by atoms with Gasteiger partial charge < -0.3 is 4.74 Å². The molecule has 1 saturated carbocycles. The van der Waals surface area contributed by atoms with Gasteiger partial charge in [-0.15, -0.1) is 0 Å². The van der Waals surface area contributed by atoms with Gasteiger partial charge >= 0.3 is 5.97 Å². The Balaban J connectivity index is 2.23. The Morgan fingerprint density at radius 3 is 2.73 bits per heavy atom. The first kappa shape index (κ1) is 16.9. The Morgan fingerprint density at radius 2 is 2.09 bits per heavy atom.